The molecule has 0 amide bonds. The number of hydrogen-bond acceptors (Lipinski definition) is 5. The highest BCUT2D eigenvalue weighted by molar-refractivity contribution is 5.81. The highest BCUT2D eigenvalue weighted by Gasteiger charge is 2.06. The van der Waals surface area contributed by atoms with Crippen LogP contribution in [0.1, 0.15) is 12.5 Å². The fourth-order valence-electron chi connectivity index (χ4n) is 1.07. The van der Waals surface area contributed by atoms with E-state index in [1.807, 2.05) is 0 Å². The molecular weight excluding hydrogens is 198 g/mol. The molecule has 0 aliphatic heterocycles. The zero-order valence-electron chi connectivity index (χ0n) is 8.43. The average molecular weight is 209 g/mol. The van der Waals surface area contributed by atoms with Crippen LogP contribution in [0.15, 0.2) is 23.4 Å². The maximum Gasteiger partial charge on any atom is 0.308 e. The number of esters is 1. The number of nitrogens with zero attached hydrogens (tertiary/aromatic N) is 1. The summed E-state index contributed by atoms with van der Waals surface area (Å²) in [5.74, 6) is 0.319. The van der Waals surface area contributed by atoms with E-state index in [2.05, 4.69) is 5.16 Å². The third-order valence-electron chi connectivity index (χ3n) is 1.65. The number of hydrogen-bond donors (Lipinski definition) is 1. The molecule has 0 fully saturated rings. The molecule has 80 valence electrons. The molecule has 15 heavy (non-hydrogen) atoms. The first-order chi connectivity index (χ1) is 7.17. The van der Waals surface area contributed by atoms with Gasteiger partial charge in [-0.25, -0.2) is 0 Å². The summed E-state index contributed by atoms with van der Waals surface area (Å²) in [4.78, 5) is 10.7. The molecule has 0 bridgehead atoms. The predicted octanol–water partition coefficient (Wildman–Crippen LogP) is 1.43. The fourth-order valence-corrected chi connectivity index (χ4v) is 1.07. The van der Waals surface area contributed by atoms with Gasteiger partial charge in [0.25, 0.3) is 0 Å². The largest absolute Gasteiger partial charge is 0.493 e. The van der Waals surface area contributed by atoms with E-state index >= 15 is 0 Å². The molecule has 0 unspecified atom stereocenters. The Labute approximate surface area is 86.9 Å². The van der Waals surface area contributed by atoms with Gasteiger partial charge >= 0.3 is 5.97 Å². The van der Waals surface area contributed by atoms with Crippen molar-refractivity contribution in [1.82, 2.24) is 0 Å². The van der Waals surface area contributed by atoms with Gasteiger partial charge in [-0.05, 0) is 18.2 Å². The maximum absolute atomic E-state index is 10.7. The topological polar surface area (TPSA) is 68.1 Å². The SMILES string of the molecule is COc1cc(/C=N\O)ccc1OC(C)=O. The normalized spacial score (nSPS) is 10.3. The summed E-state index contributed by atoms with van der Waals surface area (Å²) in [6.45, 7) is 1.31. The van der Waals surface area contributed by atoms with Gasteiger partial charge in [-0.1, -0.05) is 5.16 Å². The Kier molecular flexibility index (Phi) is 3.68. The molecule has 1 rings (SSSR count). The van der Waals surface area contributed by atoms with Crippen molar-refractivity contribution in [3.8, 4) is 11.5 Å². The molecule has 1 aromatic carbocycles. The summed E-state index contributed by atoms with van der Waals surface area (Å²) in [5.41, 5.74) is 0.644. The van der Waals surface area contributed by atoms with Crippen molar-refractivity contribution < 1.29 is 19.5 Å². The van der Waals surface area contributed by atoms with Crippen molar-refractivity contribution >= 4 is 12.2 Å². The molecule has 0 spiro atoms. The van der Waals surface area contributed by atoms with Gasteiger partial charge in [-0.15, -0.1) is 0 Å². The molecular formula is C10H11NO4. The third kappa shape index (κ3) is 2.98. The molecule has 0 radical (unpaired) electrons. The van der Waals surface area contributed by atoms with E-state index in [0.29, 0.717) is 17.1 Å². The van der Waals surface area contributed by atoms with Gasteiger partial charge in [0, 0.05) is 12.5 Å². The highest BCUT2D eigenvalue weighted by Crippen LogP contribution is 2.27. The second-order valence-electron chi connectivity index (χ2n) is 2.75. The van der Waals surface area contributed by atoms with Crippen LogP contribution in [0, 0.1) is 0 Å². The minimum absolute atomic E-state index is 0.333. The maximum atomic E-state index is 10.7. The Hall–Kier alpha value is -2.04. The van der Waals surface area contributed by atoms with Gasteiger partial charge in [-0.3, -0.25) is 4.79 Å². The quantitative estimate of drug-likeness (QED) is 0.269. The van der Waals surface area contributed by atoms with Crippen molar-refractivity contribution in [2.45, 2.75) is 6.92 Å². The van der Waals surface area contributed by atoms with E-state index in [-0.39, 0.29) is 0 Å². The Bertz CT molecular complexity index is 387. The predicted molar refractivity (Wildman–Crippen MR) is 53.7 cm³/mol. The Morgan fingerprint density at radius 2 is 2.20 bits per heavy atom. The molecule has 5 nitrogen and oxygen atoms in total. The molecule has 1 aromatic rings. The summed E-state index contributed by atoms with van der Waals surface area (Å²) in [6, 6.07) is 4.80. The second-order valence-corrected chi connectivity index (χ2v) is 2.75. The minimum atomic E-state index is -0.420. The van der Waals surface area contributed by atoms with E-state index in [9.17, 15) is 4.79 Å². The van der Waals surface area contributed by atoms with Crippen LogP contribution in [0.5, 0.6) is 11.5 Å². The van der Waals surface area contributed by atoms with Crippen LogP contribution in [0.25, 0.3) is 0 Å². The third-order valence-corrected chi connectivity index (χ3v) is 1.65. The molecule has 0 aliphatic rings. The monoisotopic (exact) mass is 209 g/mol. The number of methoxy groups -OCH3 is 1. The van der Waals surface area contributed by atoms with Crippen LogP contribution in [0.3, 0.4) is 0 Å². The lowest BCUT2D eigenvalue weighted by Gasteiger charge is -2.07. The summed E-state index contributed by atoms with van der Waals surface area (Å²) >= 11 is 0. The Morgan fingerprint density at radius 1 is 1.47 bits per heavy atom. The van der Waals surface area contributed by atoms with E-state index in [1.165, 1.54) is 20.2 Å². The minimum Gasteiger partial charge on any atom is -0.493 e. The lowest BCUT2D eigenvalue weighted by Crippen LogP contribution is -2.03. The molecule has 0 atom stereocenters. The van der Waals surface area contributed by atoms with Gasteiger partial charge in [-0.2, -0.15) is 0 Å². The first-order valence-electron chi connectivity index (χ1n) is 4.21. The van der Waals surface area contributed by atoms with Crippen molar-refractivity contribution in [2.75, 3.05) is 7.11 Å². The average Bonchev–Trinajstić information content (AvgIpc) is 2.20. The van der Waals surface area contributed by atoms with Crippen molar-refractivity contribution in [3.63, 3.8) is 0 Å². The van der Waals surface area contributed by atoms with Crippen LogP contribution in [0.2, 0.25) is 0 Å². The van der Waals surface area contributed by atoms with E-state index in [0.717, 1.165) is 0 Å². The second kappa shape index (κ2) is 4.99. The van der Waals surface area contributed by atoms with Gasteiger partial charge in [0.2, 0.25) is 0 Å². The zero-order chi connectivity index (χ0) is 11.3. The smallest absolute Gasteiger partial charge is 0.308 e. The highest BCUT2D eigenvalue weighted by atomic mass is 16.6. The Balaban J connectivity index is 3.03. The van der Waals surface area contributed by atoms with Crippen LogP contribution < -0.4 is 9.47 Å². The number of carbonyl (C=O) groups excluding carboxylic acids is 1. The van der Waals surface area contributed by atoms with Crippen LogP contribution in [-0.4, -0.2) is 24.5 Å². The first-order valence-corrected chi connectivity index (χ1v) is 4.21. The van der Waals surface area contributed by atoms with Crippen LogP contribution in [-0.2, 0) is 4.79 Å². The van der Waals surface area contributed by atoms with Gasteiger partial charge in [0.1, 0.15) is 0 Å². The molecule has 5 heteroatoms. The van der Waals surface area contributed by atoms with Gasteiger partial charge in [0.15, 0.2) is 11.5 Å². The number of rotatable bonds is 3. The molecule has 0 saturated carbocycles. The van der Waals surface area contributed by atoms with E-state index in [4.69, 9.17) is 14.7 Å². The van der Waals surface area contributed by atoms with Gasteiger partial charge < -0.3 is 14.7 Å². The molecule has 0 aromatic heterocycles. The lowest BCUT2D eigenvalue weighted by atomic mass is 10.2. The van der Waals surface area contributed by atoms with Crippen LogP contribution in [0.4, 0.5) is 0 Å². The number of carbonyl (C=O) groups is 1. The molecule has 0 heterocycles. The summed E-state index contributed by atoms with van der Waals surface area (Å²) in [6.07, 6.45) is 1.25. The van der Waals surface area contributed by atoms with Crippen molar-refractivity contribution in [2.24, 2.45) is 5.16 Å². The van der Waals surface area contributed by atoms with Crippen molar-refractivity contribution in [3.05, 3.63) is 23.8 Å². The zero-order valence-corrected chi connectivity index (χ0v) is 8.43. The molecule has 1 N–H and O–H groups in total. The standard InChI is InChI=1S/C10H11NO4/c1-7(12)15-9-4-3-8(6-11-13)5-10(9)14-2/h3-6,13H,1-2H3/b11-6-. The number of benzene rings is 1. The summed E-state index contributed by atoms with van der Waals surface area (Å²) in [5, 5.41) is 11.2. The Morgan fingerprint density at radius 3 is 2.73 bits per heavy atom. The first kappa shape index (κ1) is 11.0. The number of ether oxygens (including phenoxy) is 2. The van der Waals surface area contributed by atoms with Gasteiger partial charge in [0.05, 0.1) is 13.3 Å². The molecule has 0 aliphatic carbocycles. The lowest BCUT2D eigenvalue weighted by molar-refractivity contribution is -0.132. The van der Waals surface area contributed by atoms with E-state index < -0.39 is 5.97 Å². The summed E-state index contributed by atoms with van der Waals surface area (Å²) < 4.78 is 9.91. The molecule has 0 saturated heterocycles. The van der Waals surface area contributed by atoms with Crippen LogP contribution >= 0.6 is 0 Å². The summed E-state index contributed by atoms with van der Waals surface area (Å²) in [7, 11) is 1.46. The van der Waals surface area contributed by atoms with E-state index in [1.54, 1.807) is 18.2 Å². The fraction of sp³-hybridized carbons (Fsp3) is 0.200. The number of oxime groups is 1. The van der Waals surface area contributed by atoms with Crippen molar-refractivity contribution in [1.29, 1.82) is 0 Å².